The van der Waals surface area contributed by atoms with Crippen molar-refractivity contribution in [3.63, 3.8) is 0 Å². The normalized spacial score (nSPS) is 21.0. The first-order valence-electron chi connectivity index (χ1n) is 2.51. The van der Waals surface area contributed by atoms with Crippen LogP contribution in [0.1, 0.15) is 0 Å². The Kier molecular flexibility index (Phi) is 1.58. The van der Waals surface area contributed by atoms with Gasteiger partial charge in [-0.05, 0) is 12.2 Å². The van der Waals surface area contributed by atoms with Crippen molar-refractivity contribution >= 4 is 16.3 Å². The molecule has 0 saturated carbocycles. The molecule has 0 radical (unpaired) electrons. The molecule has 54 valence electrons. The van der Waals surface area contributed by atoms with Crippen molar-refractivity contribution in [2.24, 2.45) is 0 Å². The van der Waals surface area contributed by atoms with Crippen molar-refractivity contribution in [3.8, 4) is 0 Å². The fraction of sp³-hybridized carbons (Fsp3) is 0. The first-order valence-corrected chi connectivity index (χ1v) is 3.99. The Labute approximate surface area is 58.3 Å². The van der Waals surface area contributed by atoms with E-state index in [0.717, 1.165) is 0 Å². The maximum Gasteiger partial charge on any atom is 0.264 e. The van der Waals surface area contributed by atoms with E-state index in [-0.39, 0.29) is 4.91 Å². The fourth-order valence-electron chi connectivity index (χ4n) is 0.532. The molecule has 0 aromatic carbocycles. The molecule has 1 rings (SSSR count). The van der Waals surface area contributed by atoms with Crippen LogP contribution >= 0.6 is 0 Å². The van der Waals surface area contributed by atoms with E-state index >= 15 is 0 Å². The average Bonchev–Trinajstić information content (AvgIpc) is 1.87. The summed E-state index contributed by atoms with van der Waals surface area (Å²) in [7, 11) is -3.52. The van der Waals surface area contributed by atoms with Gasteiger partial charge in [0.05, 0.1) is 0 Å². The van der Waals surface area contributed by atoms with E-state index in [1.54, 1.807) is 0 Å². The summed E-state index contributed by atoms with van der Waals surface area (Å²) in [5, 5.41) is 0. The van der Waals surface area contributed by atoms with Crippen LogP contribution in [0.15, 0.2) is 23.3 Å². The van der Waals surface area contributed by atoms with Crippen LogP contribution in [0.5, 0.6) is 0 Å². The van der Waals surface area contributed by atoms with Gasteiger partial charge in [0, 0.05) is 6.20 Å². The van der Waals surface area contributed by atoms with Gasteiger partial charge in [-0.15, -0.1) is 0 Å². The van der Waals surface area contributed by atoms with Gasteiger partial charge in [-0.25, -0.2) is 8.42 Å². The summed E-state index contributed by atoms with van der Waals surface area (Å²) < 4.78 is 23.6. The van der Waals surface area contributed by atoms with E-state index in [1.807, 2.05) is 0 Å². The molecule has 0 fully saturated rings. The molecule has 4 nitrogen and oxygen atoms in total. The maximum absolute atomic E-state index is 10.8. The summed E-state index contributed by atoms with van der Waals surface area (Å²) in [5.41, 5.74) is 0. The molecule has 0 spiro atoms. The summed E-state index contributed by atoms with van der Waals surface area (Å²) in [6.07, 6.45) is 4.23. The van der Waals surface area contributed by atoms with Crippen LogP contribution in [0.25, 0.3) is 0 Å². The molecule has 0 aliphatic carbocycles. The van der Waals surface area contributed by atoms with Crippen LogP contribution in [0.4, 0.5) is 0 Å². The zero-order valence-electron chi connectivity index (χ0n) is 4.94. The van der Waals surface area contributed by atoms with Crippen molar-refractivity contribution in [1.29, 1.82) is 0 Å². The number of hydrogen-bond donors (Lipinski definition) is 1. The lowest BCUT2D eigenvalue weighted by molar-refractivity contribution is -0.104. The molecular formula is C5H5NO3S. The van der Waals surface area contributed by atoms with E-state index in [4.69, 9.17) is 0 Å². The minimum absolute atomic E-state index is 0.241. The Morgan fingerprint density at radius 3 is 2.60 bits per heavy atom. The molecule has 1 heterocycles. The van der Waals surface area contributed by atoms with Crippen molar-refractivity contribution in [3.05, 3.63) is 23.3 Å². The topological polar surface area (TPSA) is 63.2 Å². The van der Waals surface area contributed by atoms with Gasteiger partial charge in [-0.1, -0.05) is 0 Å². The molecule has 0 aromatic heterocycles. The van der Waals surface area contributed by atoms with Gasteiger partial charge in [-0.3, -0.25) is 9.52 Å². The van der Waals surface area contributed by atoms with Crippen molar-refractivity contribution in [2.45, 2.75) is 0 Å². The third-order valence-electron chi connectivity index (χ3n) is 1.01. The number of allylic oxidation sites excluding steroid dienone is 3. The number of hydrogen-bond acceptors (Lipinski definition) is 3. The highest BCUT2D eigenvalue weighted by molar-refractivity contribution is 7.94. The van der Waals surface area contributed by atoms with Crippen molar-refractivity contribution in [2.75, 3.05) is 0 Å². The lowest BCUT2D eigenvalue weighted by atomic mass is 10.5. The summed E-state index contributed by atoms with van der Waals surface area (Å²) in [6, 6.07) is 0. The summed E-state index contributed by atoms with van der Waals surface area (Å²) in [4.78, 5) is 9.81. The van der Waals surface area contributed by atoms with Gasteiger partial charge in [0.15, 0.2) is 6.29 Å². The summed E-state index contributed by atoms with van der Waals surface area (Å²) >= 11 is 0. The SMILES string of the molecule is O=CC1=CC=CNS1(=O)=O. The first kappa shape index (κ1) is 7.01. The van der Waals surface area contributed by atoms with Crippen LogP contribution in [0.2, 0.25) is 0 Å². The van der Waals surface area contributed by atoms with E-state index in [0.29, 0.717) is 6.29 Å². The minimum Gasteiger partial charge on any atom is -0.297 e. The number of carbonyl (C=O) groups excluding carboxylic acids is 1. The second-order valence-corrected chi connectivity index (χ2v) is 3.38. The molecule has 0 unspecified atom stereocenters. The van der Waals surface area contributed by atoms with Gasteiger partial charge in [-0.2, -0.15) is 0 Å². The predicted octanol–water partition coefficient (Wildman–Crippen LogP) is -0.484. The third kappa shape index (κ3) is 1.08. The monoisotopic (exact) mass is 159 g/mol. The van der Waals surface area contributed by atoms with Crippen LogP contribution < -0.4 is 4.72 Å². The Balaban J connectivity index is 3.16. The molecule has 0 saturated heterocycles. The van der Waals surface area contributed by atoms with Crippen LogP contribution in [-0.2, 0) is 14.8 Å². The van der Waals surface area contributed by atoms with Crippen LogP contribution in [0.3, 0.4) is 0 Å². The van der Waals surface area contributed by atoms with E-state index in [1.165, 1.54) is 18.4 Å². The van der Waals surface area contributed by atoms with E-state index in [2.05, 4.69) is 4.72 Å². The molecule has 0 bridgehead atoms. The smallest absolute Gasteiger partial charge is 0.264 e. The average molecular weight is 159 g/mol. The molecule has 0 amide bonds. The minimum atomic E-state index is -3.52. The lowest BCUT2D eigenvalue weighted by Crippen LogP contribution is -2.22. The highest BCUT2D eigenvalue weighted by Gasteiger charge is 2.15. The third-order valence-corrected chi connectivity index (χ3v) is 2.31. The highest BCUT2D eigenvalue weighted by Crippen LogP contribution is 2.04. The van der Waals surface area contributed by atoms with Gasteiger partial charge in [0.25, 0.3) is 10.0 Å². The molecule has 0 aromatic rings. The summed E-state index contributed by atoms with van der Waals surface area (Å²) in [6.45, 7) is 0. The zero-order valence-corrected chi connectivity index (χ0v) is 5.76. The number of rotatable bonds is 1. The molecule has 10 heavy (non-hydrogen) atoms. The second kappa shape index (κ2) is 2.26. The number of aldehydes is 1. The Morgan fingerprint density at radius 2 is 2.20 bits per heavy atom. The largest absolute Gasteiger partial charge is 0.297 e. The molecule has 1 N–H and O–H groups in total. The quantitative estimate of drug-likeness (QED) is 0.525. The molecular weight excluding hydrogens is 154 g/mol. The van der Waals surface area contributed by atoms with Gasteiger partial charge in [0.1, 0.15) is 4.91 Å². The fourth-order valence-corrected chi connectivity index (χ4v) is 1.31. The maximum atomic E-state index is 10.8. The zero-order chi connectivity index (χ0) is 7.61. The molecule has 1 aliphatic heterocycles. The highest BCUT2D eigenvalue weighted by atomic mass is 32.2. The van der Waals surface area contributed by atoms with Gasteiger partial charge < -0.3 is 0 Å². The number of nitrogens with one attached hydrogen (secondary N) is 1. The Hall–Kier alpha value is -1.10. The molecule has 1 aliphatic rings. The van der Waals surface area contributed by atoms with Crippen molar-refractivity contribution < 1.29 is 13.2 Å². The standard InChI is InChI=1S/C5H5NO3S/c7-4-5-2-1-3-6-10(5,8)9/h1-4,6H. The predicted molar refractivity (Wildman–Crippen MR) is 35.3 cm³/mol. The Morgan fingerprint density at radius 1 is 1.50 bits per heavy atom. The van der Waals surface area contributed by atoms with E-state index in [9.17, 15) is 13.2 Å². The Bertz CT molecular complexity index is 299. The van der Waals surface area contributed by atoms with Crippen LogP contribution in [0, 0.1) is 0 Å². The second-order valence-electron chi connectivity index (χ2n) is 1.67. The summed E-state index contributed by atoms with van der Waals surface area (Å²) in [5.74, 6) is 0. The van der Waals surface area contributed by atoms with Gasteiger partial charge >= 0.3 is 0 Å². The molecule has 5 heteroatoms. The first-order chi connectivity index (χ1) is 4.67. The number of sulfonamides is 1. The van der Waals surface area contributed by atoms with Crippen LogP contribution in [-0.4, -0.2) is 14.7 Å². The van der Waals surface area contributed by atoms with Gasteiger partial charge in [0.2, 0.25) is 0 Å². The van der Waals surface area contributed by atoms with Crippen molar-refractivity contribution in [1.82, 2.24) is 4.72 Å². The molecule has 0 atom stereocenters. The lowest BCUT2D eigenvalue weighted by Gasteiger charge is -2.04. The number of carbonyl (C=O) groups is 1. The van der Waals surface area contributed by atoms with E-state index < -0.39 is 10.0 Å².